The lowest BCUT2D eigenvalue weighted by atomic mass is 9.51. The van der Waals surface area contributed by atoms with Crippen molar-refractivity contribution < 1.29 is 34.3 Å². The number of phenols is 1. The van der Waals surface area contributed by atoms with Gasteiger partial charge in [-0.05, 0) is 179 Å². The molecular weight excluding hydrogens is 1490 g/mol. The number of hydrogen-bond acceptors (Lipinski definition) is 16. The predicted octanol–water partition coefficient (Wildman–Crippen LogP) is 15.1. The smallest absolute Gasteiger partial charge is 0.338 e. The Labute approximate surface area is 679 Å². The van der Waals surface area contributed by atoms with Gasteiger partial charge in [-0.15, -0.1) is 0 Å². The highest BCUT2D eigenvalue weighted by molar-refractivity contribution is 6.39. The van der Waals surface area contributed by atoms with Crippen molar-refractivity contribution in [3.63, 3.8) is 0 Å². The van der Waals surface area contributed by atoms with Crippen molar-refractivity contribution in [3.05, 3.63) is 317 Å². The van der Waals surface area contributed by atoms with Gasteiger partial charge in [0, 0.05) is 179 Å². The van der Waals surface area contributed by atoms with Crippen molar-refractivity contribution in [2.45, 2.75) is 75.0 Å². The number of anilines is 4. The van der Waals surface area contributed by atoms with E-state index in [-0.39, 0.29) is 48.3 Å². The summed E-state index contributed by atoms with van der Waals surface area (Å²) >= 11 is 0. The quantitative estimate of drug-likeness (QED) is 0.0454. The average Bonchev–Trinajstić information content (AvgIpc) is 0.635. The highest BCUT2D eigenvalue weighted by atomic mass is 16.4. The minimum Gasteiger partial charge on any atom is -0.506 e. The van der Waals surface area contributed by atoms with Gasteiger partial charge in [0.05, 0.1) is 117 Å². The number of carboxylic acid groups (broad SMARTS) is 2. The monoisotopic (exact) mass is 1540 g/mol. The van der Waals surface area contributed by atoms with Gasteiger partial charge in [-0.25, -0.2) is 4.79 Å². The van der Waals surface area contributed by atoms with Gasteiger partial charge in [-0.2, -0.15) is 20.0 Å². The summed E-state index contributed by atoms with van der Waals surface area (Å²) in [6, 6.07) is 21.6. The van der Waals surface area contributed by atoms with Gasteiger partial charge in [-0.3, -0.25) is 29.7 Å². The number of nitriles is 3. The van der Waals surface area contributed by atoms with Gasteiger partial charge in [0.2, 0.25) is 5.35 Å². The highest BCUT2D eigenvalue weighted by Crippen LogP contribution is 2.76. The lowest BCUT2D eigenvalue weighted by Crippen LogP contribution is -2.63. The van der Waals surface area contributed by atoms with Crippen LogP contribution in [0, 0.1) is 46.1 Å². The Morgan fingerprint density at radius 1 is 0.708 bits per heavy atom. The van der Waals surface area contributed by atoms with E-state index in [1.807, 2.05) is 54.0 Å². The number of dihydropyridines is 1. The first kappa shape index (κ1) is 61.1. The van der Waals surface area contributed by atoms with Gasteiger partial charge in [-0.1, -0.05) is 54.2 Å². The number of hydrogen-bond donors (Lipinski definition) is 4. The third-order valence-corrected chi connectivity index (χ3v) is 31.2. The normalized spacial score (nSPS) is 27.1. The summed E-state index contributed by atoms with van der Waals surface area (Å²) in [6.07, 6.45) is 35.0. The number of phenolic OH excluding ortho intramolecular Hbond substituents is 1. The second kappa shape index (κ2) is 19.2. The molecule has 17 aliphatic heterocycles. The second-order valence-corrected chi connectivity index (χ2v) is 35.6. The average molecular weight is 1540 g/mol. The van der Waals surface area contributed by atoms with E-state index in [0.29, 0.717) is 65.4 Å². The first-order chi connectivity index (χ1) is 58.9. The van der Waals surface area contributed by atoms with Crippen LogP contribution < -0.4 is 29.2 Å². The van der Waals surface area contributed by atoms with Crippen LogP contribution in [0.5, 0.6) is 5.75 Å². The summed E-state index contributed by atoms with van der Waals surface area (Å²) < 4.78 is 2.07. The summed E-state index contributed by atoms with van der Waals surface area (Å²) in [6.45, 7) is 2.80. The maximum atomic E-state index is 15.8. The van der Waals surface area contributed by atoms with Crippen molar-refractivity contribution in [2.75, 3.05) is 32.7 Å². The summed E-state index contributed by atoms with van der Waals surface area (Å²) in [7, 11) is 0. The fourth-order valence-electron chi connectivity index (χ4n) is 27.7. The molecule has 0 spiro atoms. The van der Waals surface area contributed by atoms with Crippen LogP contribution in [0.1, 0.15) is 127 Å². The number of fused-ring (bicyclic) bond motifs is 4. The van der Waals surface area contributed by atoms with Crippen LogP contribution in [0.15, 0.2) is 242 Å². The number of nitrogens with zero attached hydrogens (tertiary/aromatic N) is 13. The van der Waals surface area contributed by atoms with E-state index in [9.17, 15) is 41.0 Å². The van der Waals surface area contributed by atoms with Crippen molar-refractivity contribution >= 4 is 153 Å². The molecule has 19 heteroatoms. The topological polar surface area (TPSA) is 258 Å². The molecule has 0 fully saturated rings. The van der Waals surface area contributed by atoms with E-state index in [0.717, 1.165) is 239 Å². The van der Waals surface area contributed by atoms with E-state index in [1.165, 1.54) is 28.3 Å². The molecule has 32 rings (SSSR count). The van der Waals surface area contributed by atoms with Gasteiger partial charge in [0.25, 0.3) is 0 Å². The first-order valence-corrected chi connectivity index (χ1v) is 41.2. The molecule has 0 saturated heterocycles. The van der Waals surface area contributed by atoms with Crippen LogP contribution in [-0.2, 0) is 22.4 Å². The predicted molar refractivity (Wildman–Crippen MR) is 454 cm³/mol. The number of benzene rings is 6. The van der Waals surface area contributed by atoms with E-state index in [1.54, 1.807) is 18.4 Å². The summed E-state index contributed by atoms with van der Waals surface area (Å²) in [5.41, 5.74) is 44.7. The Balaban J connectivity index is 0.845. The Hall–Kier alpha value is -15.4. The highest BCUT2D eigenvalue weighted by Gasteiger charge is 2.66. The number of aliphatic hydroxyl groups is 1. The molecule has 18 heterocycles. The fraction of sp³-hybridized carbons (Fsp3) is 0.149. The van der Waals surface area contributed by atoms with Gasteiger partial charge < -0.3 is 40.0 Å². The summed E-state index contributed by atoms with van der Waals surface area (Å²) in [5.74, 6) is -3.86. The second-order valence-electron chi connectivity index (χ2n) is 35.6. The molecule has 556 valence electrons. The van der Waals surface area contributed by atoms with Crippen LogP contribution in [-0.4, -0.2) is 92.0 Å². The van der Waals surface area contributed by atoms with Crippen LogP contribution >= 0.6 is 0 Å². The number of aromatic nitrogens is 1. The van der Waals surface area contributed by atoms with Gasteiger partial charge >= 0.3 is 11.9 Å². The van der Waals surface area contributed by atoms with E-state index in [4.69, 9.17) is 20.0 Å². The largest absolute Gasteiger partial charge is 0.506 e. The zero-order chi connectivity index (χ0) is 78.4. The number of aliphatic imine (C=N–C) groups is 4. The molecular formula is C101H52N13O6+. The lowest BCUT2D eigenvalue weighted by molar-refractivity contribution is -0.526. The minimum atomic E-state index is -1.12. The molecule has 120 heavy (non-hydrogen) atoms. The Kier molecular flexibility index (Phi) is 9.76. The molecule has 4 N–H and O–H groups in total. The van der Waals surface area contributed by atoms with Crippen LogP contribution in [0.4, 0.5) is 22.7 Å². The molecule has 6 aromatic carbocycles. The van der Waals surface area contributed by atoms with Crippen molar-refractivity contribution in [2.24, 2.45) is 25.9 Å². The number of aliphatic hydroxyl groups excluding tert-OH is 1. The Morgan fingerprint density at radius 2 is 1.61 bits per heavy atom. The maximum absolute atomic E-state index is 15.8. The van der Waals surface area contributed by atoms with E-state index in [2.05, 4.69) is 122 Å². The van der Waals surface area contributed by atoms with Crippen LogP contribution in [0.3, 0.4) is 0 Å². The number of allylic oxidation sites excluding steroid dienone is 16. The molecule has 8 unspecified atom stereocenters. The number of pyridine rings is 1. The SMILES string of the molecule is CC1=C2C=NC3=C(O)C4=CN(/C=C/C#N)c5cc6c7c8c9c%10c%11c(c2c3c%10c4c58)C2C/C(=C3\C4=C5C(=CC8=C%10C%12=CC%13C%14=C%15C%16=C%17C%18C%19=C%20C%16=C(C%14=NC3N%13C%105)C(=C7C%20C(=C6C(=O)O)N=C%19C=c3c%18c(cc[n+]3=CCC#N)C3=CN(C/C=C/C#N)c5c(c%15cc6c7c(ccc56)C=CC(=N8)C%127)N3%17)C9)N(C/C=C/CC(=O)O)c3c(O)cc(cc34)C=C12)C%11. The Morgan fingerprint density at radius 3 is 2.48 bits per heavy atom. The number of rotatable bonds is 9. The van der Waals surface area contributed by atoms with Crippen LogP contribution in [0.25, 0.3) is 95.4 Å². The van der Waals surface area contributed by atoms with Crippen molar-refractivity contribution in [3.8, 4) is 24.0 Å². The first-order valence-electron chi connectivity index (χ1n) is 41.2. The molecule has 7 aromatic rings. The summed E-state index contributed by atoms with van der Waals surface area (Å²) in [5, 5.41) is 88.8. The number of aromatic hydroxyl groups is 1. The van der Waals surface area contributed by atoms with Crippen molar-refractivity contribution in [1.29, 1.82) is 15.8 Å². The van der Waals surface area contributed by atoms with E-state index >= 15 is 4.79 Å². The minimum absolute atomic E-state index is 0.0159. The molecule has 0 saturated carbocycles. The van der Waals surface area contributed by atoms with Gasteiger partial charge in [0.15, 0.2) is 18.2 Å². The molecule has 8 atom stereocenters. The van der Waals surface area contributed by atoms with E-state index < -0.39 is 42.0 Å². The zero-order valence-electron chi connectivity index (χ0n) is 63.3. The van der Waals surface area contributed by atoms with Crippen LogP contribution in [0.2, 0.25) is 0 Å². The molecule has 62 bridgehead atoms. The molecule has 0 radical (unpaired) electrons. The molecule has 1 aromatic heterocycles. The third kappa shape index (κ3) is 6.11. The fourth-order valence-corrected chi connectivity index (χ4v) is 27.7. The number of aliphatic carboxylic acids is 2. The molecule has 0 amide bonds. The molecule has 8 aliphatic carbocycles. The summed E-state index contributed by atoms with van der Waals surface area (Å²) in [4.78, 5) is 64.6. The van der Waals surface area contributed by atoms with Crippen molar-refractivity contribution in [1.82, 2.24) is 4.90 Å². The standard InChI is InChI=1S/C101H51N13O6/c1-36-42-22-37-23-50-74-65-39-25-43(42)66-45(26-39)67-46-28-47-73-71-49(29-57-81(72(46)71)77-53(34-110(57)19-7-16-104)99(118)93-88(84(67)77)76(66)52(36)33-105-93)79(101(119)120)92-87(73)86-80-56(107-92)31-58-70-41(13-21-109(58)18-6-15-103)61-35-111(17-5-3-14-102)95-40-11-9-38-10-12-54-68-48-30-60-82-75-51(27-44(40)64(38)68)96(95)113(61)98(89(70)80)90(75)85(86)78(47)91(82)108-100(65)114(60)97-69(48)55(106-54)32-59(83(74)97)112(94(50)62(115)24-37)20-4-2-8-63(116)117/h2-5,7,9-13,18-19,21-24,27,29-35,43,60,68,87,89,97,100H,6,8,17,20,25-26,28H2,1H3,(H3-,107,115,116,117,118,119,120)/p+1/b4-2+,5-3+,19-7+,42-22?,65-39-,109-18?. The number of carbonyl (C=O) groups is 2. The lowest BCUT2D eigenvalue weighted by Gasteiger charge is -2.61. The zero-order valence-corrected chi connectivity index (χ0v) is 63.3. The number of carboxylic acids is 2. The van der Waals surface area contributed by atoms with Gasteiger partial charge in [0.1, 0.15) is 24.0 Å². The molecule has 19 nitrogen and oxygen atoms in total. The molecule has 25 aliphatic rings. The maximum Gasteiger partial charge on any atom is 0.338 e. The Bertz CT molecular complexity index is 8360. The third-order valence-electron chi connectivity index (χ3n) is 31.2.